The van der Waals surface area contributed by atoms with Crippen LogP contribution in [0.25, 0.3) is 0 Å². The number of methoxy groups -OCH3 is 1. The van der Waals surface area contributed by atoms with Crippen molar-refractivity contribution in [2.24, 2.45) is 11.8 Å². The van der Waals surface area contributed by atoms with E-state index in [2.05, 4.69) is 10.3 Å². The van der Waals surface area contributed by atoms with Gasteiger partial charge in [0.05, 0.1) is 18.6 Å². The number of amides is 1. The second kappa shape index (κ2) is 6.72. The Morgan fingerprint density at radius 3 is 2.53 bits per heavy atom. The van der Waals surface area contributed by atoms with Crippen LogP contribution in [0.5, 0.6) is 5.88 Å². The number of rotatable bonds is 6. The van der Waals surface area contributed by atoms with E-state index in [4.69, 9.17) is 9.84 Å². The molecule has 0 aromatic carbocycles. The molecule has 6 heteroatoms. The molecule has 0 fully saturated rings. The van der Waals surface area contributed by atoms with Crippen LogP contribution in [0.3, 0.4) is 0 Å². The molecule has 1 unspecified atom stereocenters. The fourth-order valence-corrected chi connectivity index (χ4v) is 1.55. The van der Waals surface area contributed by atoms with E-state index < -0.39 is 11.9 Å². The molecule has 0 bridgehead atoms. The molecule has 0 aliphatic heterocycles. The Bertz CT molecular complexity index is 442. The third-order valence-corrected chi connectivity index (χ3v) is 2.81. The first kappa shape index (κ1) is 14.9. The second-order valence-electron chi connectivity index (χ2n) is 4.49. The van der Waals surface area contributed by atoms with Gasteiger partial charge in [-0.05, 0) is 12.0 Å². The Morgan fingerprint density at radius 2 is 2.11 bits per heavy atom. The van der Waals surface area contributed by atoms with Crippen molar-refractivity contribution in [3.8, 4) is 5.88 Å². The van der Waals surface area contributed by atoms with Crippen molar-refractivity contribution in [2.45, 2.75) is 13.8 Å². The van der Waals surface area contributed by atoms with Gasteiger partial charge in [-0.3, -0.25) is 9.59 Å². The van der Waals surface area contributed by atoms with Gasteiger partial charge in [-0.25, -0.2) is 4.98 Å². The number of aromatic nitrogens is 1. The fourth-order valence-electron chi connectivity index (χ4n) is 1.55. The molecule has 0 spiro atoms. The van der Waals surface area contributed by atoms with Gasteiger partial charge in [0.1, 0.15) is 0 Å². The minimum absolute atomic E-state index is 0.0493. The molecule has 6 nitrogen and oxygen atoms in total. The standard InChI is InChI=1S/C13H18N2O4/c1-8(2)10(13(17)18)7-15-12(16)9-4-5-11(19-3)14-6-9/h4-6,8,10H,7H2,1-3H3,(H,15,16)(H,17,18). The van der Waals surface area contributed by atoms with Crippen LogP contribution in [0.2, 0.25) is 0 Å². The molecule has 1 aromatic heterocycles. The van der Waals surface area contributed by atoms with Gasteiger partial charge in [-0.2, -0.15) is 0 Å². The zero-order valence-electron chi connectivity index (χ0n) is 11.2. The molecule has 1 amide bonds. The van der Waals surface area contributed by atoms with Crippen LogP contribution in [0.15, 0.2) is 18.3 Å². The fraction of sp³-hybridized carbons (Fsp3) is 0.462. The largest absolute Gasteiger partial charge is 0.481 e. The highest BCUT2D eigenvalue weighted by molar-refractivity contribution is 5.94. The second-order valence-corrected chi connectivity index (χ2v) is 4.49. The molecule has 1 atom stereocenters. The van der Waals surface area contributed by atoms with Gasteiger partial charge in [0.15, 0.2) is 0 Å². The highest BCUT2D eigenvalue weighted by Gasteiger charge is 2.22. The van der Waals surface area contributed by atoms with Crippen LogP contribution < -0.4 is 10.1 Å². The number of aliphatic carboxylic acids is 1. The highest BCUT2D eigenvalue weighted by Crippen LogP contribution is 2.11. The maximum absolute atomic E-state index is 11.8. The molecule has 19 heavy (non-hydrogen) atoms. The number of hydrogen-bond donors (Lipinski definition) is 2. The minimum atomic E-state index is -0.914. The highest BCUT2D eigenvalue weighted by atomic mass is 16.5. The summed E-state index contributed by atoms with van der Waals surface area (Å²) in [6, 6.07) is 3.15. The van der Waals surface area contributed by atoms with Crippen molar-refractivity contribution in [3.63, 3.8) is 0 Å². The number of ether oxygens (including phenoxy) is 1. The van der Waals surface area contributed by atoms with Crippen molar-refractivity contribution in [1.82, 2.24) is 10.3 Å². The number of hydrogen-bond acceptors (Lipinski definition) is 4. The molecular formula is C13H18N2O4. The minimum Gasteiger partial charge on any atom is -0.481 e. The number of carboxylic acids is 1. The smallest absolute Gasteiger partial charge is 0.308 e. The summed E-state index contributed by atoms with van der Waals surface area (Å²) in [5.74, 6) is -1.49. The van der Waals surface area contributed by atoms with Crippen LogP contribution >= 0.6 is 0 Å². The lowest BCUT2D eigenvalue weighted by molar-refractivity contribution is -0.142. The average molecular weight is 266 g/mol. The van der Waals surface area contributed by atoms with Crippen LogP contribution in [0.1, 0.15) is 24.2 Å². The van der Waals surface area contributed by atoms with Gasteiger partial charge in [0, 0.05) is 18.8 Å². The average Bonchev–Trinajstić information content (AvgIpc) is 2.38. The van der Waals surface area contributed by atoms with Gasteiger partial charge < -0.3 is 15.2 Å². The summed E-state index contributed by atoms with van der Waals surface area (Å²) >= 11 is 0. The maximum Gasteiger partial charge on any atom is 0.308 e. The Hall–Kier alpha value is -2.11. The van der Waals surface area contributed by atoms with E-state index in [-0.39, 0.29) is 18.4 Å². The van der Waals surface area contributed by atoms with Crippen LogP contribution in [-0.4, -0.2) is 35.6 Å². The number of carbonyl (C=O) groups is 2. The van der Waals surface area contributed by atoms with Crippen molar-refractivity contribution in [3.05, 3.63) is 23.9 Å². The molecule has 0 saturated heterocycles. The molecule has 0 saturated carbocycles. The van der Waals surface area contributed by atoms with Crippen LogP contribution in [0, 0.1) is 11.8 Å². The molecule has 1 rings (SSSR count). The summed E-state index contributed by atoms with van der Waals surface area (Å²) < 4.78 is 4.89. The molecule has 1 aromatic rings. The molecule has 0 radical (unpaired) electrons. The first-order valence-electron chi connectivity index (χ1n) is 5.96. The lowest BCUT2D eigenvalue weighted by Crippen LogP contribution is -2.35. The van der Waals surface area contributed by atoms with E-state index in [0.29, 0.717) is 11.4 Å². The predicted molar refractivity (Wildman–Crippen MR) is 69.1 cm³/mol. The zero-order chi connectivity index (χ0) is 14.4. The molecular weight excluding hydrogens is 248 g/mol. The molecule has 0 aliphatic rings. The van der Waals surface area contributed by atoms with Crippen molar-refractivity contribution < 1.29 is 19.4 Å². The number of nitrogens with zero attached hydrogens (tertiary/aromatic N) is 1. The van der Waals surface area contributed by atoms with Gasteiger partial charge in [0.25, 0.3) is 5.91 Å². The van der Waals surface area contributed by atoms with Gasteiger partial charge in [0.2, 0.25) is 5.88 Å². The van der Waals surface area contributed by atoms with Crippen LogP contribution in [-0.2, 0) is 4.79 Å². The monoisotopic (exact) mass is 266 g/mol. The Kier molecular flexibility index (Phi) is 5.29. The first-order valence-corrected chi connectivity index (χ1v) is 5.96. The Balaban J connectivity index is 2.61. The van der Waals surface area contributed by atoms with Crippen molar-refractivity contribution in [2.75, 3.05) is 13.7 Å². The lowest BCUT2D eigenvalue weighted by Gasteiger charge is -2.16. The summed E-state index contributed by atoms with van der Waals surface area (Å²) in [6.07, 6.45) is 1.39. The number of pyridine rings is 1. The summed E-state index contributed by atoms with van der Waals surface area (Å²) in [5.41, 5.74) is 0.369. The molecule has 104 valence electrons. The van der Waals surface area contributed by atoms with Gasteiger partial charge >= 0.3 is 5.97 Å². The zero-order valence-corrected chi connectivity index (χ0v) is 11.2. The molecule has 1 heterocycles. The summed E-state index contributed by atoms with van der Waals surface area (Å²) in [4.78, 5) is 26.7. The lowest BCUT2D eigenvalue weighted by atomic mass is 9.96. The van der Waals surface area contributed by atoms with Gasteiger partial charge in [-0.15, -0.1) is 0 Å². The van der Waals surface area contributed by atoms with Crippen molar-refractivity contribution >= 4 is 11.9 Å². The predicted octanol–water partition coefficient (Wildman–Crippen LogP) is 1.18. The van der Waals surface area contributed by atoms with E-state index in [1.165, 1.54) is 13.3 Å². The summed E-state index contributed by atoms with van der Waals surface area (Å²) in [5, 5.41) is 11.6. The Labute approximate surface area is 111 Å². The third kappa shape index (κ3) is 4.24. The maximum atomic E-state index is 11.8. The summed E-state index contributed by atoms with van der Waals surface area (Å²) in [7, 11) is 1.49. The Morgan fingerprint density at radius 1 is 1.42 bits per heavy atom. The van der Waals surface area contributed by atoms with Gasteiger partial charge in [-0.1, -0.05) is 13.8 Å². The van der Waals surface area contributed by atoms with Crippen LogP contribution in [0.4, 0.5) is 0 Å². The SMILES string of the molecule is COc1ccc(C(=O)NCC(C(=O)O)C(C)C)cn1. The normalized spacial score (nSPS) is 12.0. The summed E-state index contributed by atoms with van der Waals surface area (Å²) in [6.45, 7) is 3.71. The number of nitrogens with one attached hydrogen (secondary N) is 1. The number of carbonyl (C=O) groups excluding carboxylic acids is 1. The van der Waals surface area contributed by atoms with E-state index in [1.54, 1.807) is 26.0 Å². The quantitative estimate of drug-likeness (QED) is 0.807. The van der Waals surface area contributed by atoms with E-state index in [9.17, 15) is 9.59 Å². The van der Waals surface area contributed by atoms with E-state index >= 15 is 0 Å². The molecule has 0 aliphatic carbocycles. The van der Waals surface area contributed by atoms with Crippen molar-refractivity contribution in [1.29, 1.82) is 0 Å². The number of carboxylic acid groups (broad SMARTS) is 1. The third-order valence-electron chi connectivity index (χ3n) is 2.81. The van der Waals surface area contributed by atoms with E-state index in [0.717, 1.165) is 0 Å². The van der Waals surface area contributed by atoms with E-state index in [1.807, 2.05) is 0 Å². The topological polar surface area (TPSA) is 88.5 Å². The first-order chi connectivity index (χ1) is 8.95. The molecule has 2 N–H and O–H groups in total.